The van der Waals surface area contributed by atoms with E-state index >= 15 is 0 Å². The molecule has 0 aliphatic rings. The van der Waals surface area contributed by atoms with Crippen LogP contribution in [0.1, 0.15) is 6.92 Å². The number of hydrogen-bond donors (Lipinski definition) is 1. The minimum atomic E-state index is 0.600. The van der Waals surface area contributed by atoms with Gasteiger partial charge >= 0.3 is 0 Å². The quantitative estimate of drug-likeness (QED) is 0.241. The molecule has 2 N–H and O–H groups in total. The summed E-state index contributed by atoms with van der Waals surface area (Å²) in [5, 5.41) is 1.69. The van der Waals surface area contributed by atoms with Gasteiger partial charge in [-0.1, -0.05) is 6.92 Å². The van der Waals surface area contributed by atoms with Crippen LogP contribution in [0.25, 0.3) is 0 Å². The molecule has 0 aromatic carbocycles. The minimum Gasteiger partial charge on any atom is -0.383 e. The topological polar surface area (TPSA) is 69.4 Å². The van der Waals surface area contributed by atoms with Gasteiger partial charge in [-0.05, 0) is 6.54 Å². The second kappa shape index (κ2) is 16.1. The molecule has 0 amide bonds. The maximum absolute atomic E-state index is 5.74. The summed E-state index contributed by atoms with van der Waals surface area (Å²) in [6.07, 6.45) is 0. The van der Waals surface area contributed by atoms with Crippen molar-refractivity contribution in [1.82, 2.24) is 9.91 Å². The smallest absolute Gasteiger partial charge is 0.0701 e. The molecule has 0 fully saturated rings. The van der Waals surface area contributed by atoms with Crippen molar-refractivity contribution in [3.8, 4) is 0 Å². The van der Waals surface area contributed by atoms with Crippen molar-refractivity contribution < 1.29 is 18.9 Å². The Labute approximate surface area is 129 Å². The van der Waals surface area contributed by atoms with Crippen molar-refractivity contribution in [2.24, 2.45) is 5.84 Å². The van der Waals surface area contributed by atoms with Crippen LogP contribution in [0.4, 0.5) is 0 Å². The largest absolute Gasteiger partial charge is 0.383 e. The van der Waals surface area contributed by atoms with E-state index in [4.69, 9.17) is 24.8 Å². The number of likely N-dealkylation sites (N-methyl/N-ethyl adjacent to an activating group) is 1. The summed E-state index contributed by atoms with van der Waals surface area (Å²) in [5.41, 5.74) is 0. The number of methoxy groups -OCH3 is 2. The molecule has 0 heterocycles. The molecular formula is C14H33N3O4. The third-order valence-corrected chi connectivity index (χ3v) is 3.09. The monoisotopic (exact) mass is 307 g/mol. The maximum atomic E-state index is 5.74. The minimum absolute atomic E-state index is 0.600. The molecule has 0 unspecified atom stereocenters. The predicted octanol–water partition coefficient (Wildman–Crippen LogP) is -0.190. The van der Waals surface area contributed by atoms with E-state index in [0.717, 1.165) is 32.8 Å². The SMILES string of the molecule is CCN(CCOC)CCOCCOCCN(N)CCOC. The Bertz CT molecular complexity index is 211. The summed E-state index contributed by atoms with van der Waals surface area (Å²) in [4.78, 5) is 2.30. The van der Waals surface area contributed by atoms with Crippen molar-refractivity contribution in [2.75, 3.05) is 86.6 Å². The van der Waals surface area contributed by atoms with Crippen LogP contribution in [0.15, 0.2) is 0 Å². The van der Waals surface area contributed by atoms with Gasteiger partial charge < -0.3 is 18.9 Å². The van der Waals surface area contributed by atoms with Crippen LogP contribution in [0.3, 0.4) is 0 Å². The molecule has 0 bridgehead atoms. The Morgan fingerprint density at radius 3 is 1.76 bits per heavy atom. The molecule has 0 atom stereocenters. The second-order valence-electron chi connectivity index (χ2n) is 4.68. The van der Waals surface area contributed by atoms with Gasteiger partial charge in [0, 0.05) is 40.4 Å². The Morgan fingerprint density at radius 1 is 0.714 bits per heavy atom. The van der Waals surface area contributed by atoms with Crippen LogP contribution < -0.4 is 5.84 Å². The van der Waals surface area contributed by atoms with Gasteiger partial charge in [-0.25, -0.2) is 5.01 Å². The molecule has 0 aliphatic heterocycles. The Hall–Kier alpha value is -0.280. The normalized spacial score (nSPS) is 11.7. The fourth-order valence-electron chi connectivity index (χ4n) is 1.67. The van der Waals surface area contributed by atoms with Gasteiger partial charge in [0.05, 0.1) is 39.6 Å². The number of nitrogens with zero attached hydrogens (tertiary/aromatic N) is 2. The van der Waals surface area contributed by atoms with Gasteiger partial charge in [0.1, 0.15) is 0 Å². The lowest BCUT2D eigenvalue weighted by Gasteiger charge is -2.19. The van der Waals surface area contributed by atoms with Crippen molar-refractivity contribution in [3.63, 3.8) is 0 Å². The van der Waals surface area contributed by atoms with Crippen molar-refractivity contribution in [3.05, 3.63) is 0 Å². The van der Waals surface area contributed by atoms with E-state index in [2.05, 4.69) is 11.8 Å². The third-order valence-electron chi connectivity index (χ3n) is 3.09. The maximum Gasteiger partial charge on any atom is 0.0701 e. The van der Waals surface area contributed by atoms with Gasteiger partial charge in [-0.15, -0.1) is 0 Å². The molecule has 21 heavy (non-hydrogen) atoms. The van der Waals surface area contributed by atoms with E-state index in [-0.39, 0.29) is 0 Å². The summed E-state index contributed by atoms with van der Waals surface area (Å²) < 4.78 is 21.0. The summed E-state index contributed by atoms with van der Waals surface area (Å²) in [6.45, 7) is 10.4. The molecule has 0 saturated heterocycles. The molecule has 7 nitrogen and oxygen atoms in total. The number of nitrogens with two attached hydrogens (primary N) is 1. The summed E-state index contributed by atoms with van der Waals surface area (Å²) in [6, 6.07) is 0. The third kappa shape index (κ3) is 14.4. The number of hydrogen-bond acceptors (Lipinski definition) is 7. The first-order valence-electron chi connectivity index (χ1n) is 7.59. The Balaban J connectivity index is 3.28. The number of hydrazine groups is 1. The second-order valence-corrected chi connectivity index (χ2v) is 4.68. The van der Waals surface area contributed by atoms with Crippen LogP contribution in [0, 0.1) is 0 Å². The van der Waals surface area contributed by atoms with E-state index in [0.29, 0.717) is 39.5 Å². The predicted molar refractivity (Wildman–Crippen MR) is 83.3 cm³/mol. The molecule has 0 aromatic heterocycles. The Kier molecular flexibility index (Phi) is 15.9. The van der Waals surface area contributed by atoms with Crippen LogP contribution in [-0.4, -0.2) is 96.5 Å². The molecule has 0 saturated carbocycles. The molecule has 128 valence electrons. The van der Waals surface area contributed by atoms with Crippen molar-refractivity contribution in [2.45, 2.75) is 6.92 Å². The lowest BCUT2D eigenvalue weighted by molar-refractivity contribution is 0.0273. The van der Waals surface area contributed by atoms with Gasteiger partial charge in [-0.3, -0.25) is 10.7 Å². The highest BCUT2D eigenvalue weighted by atomic mass is 16.5. The van der Waals surface area contributed by atoms with Crippen LogP contribution in [0.5, 0.6) is 0 Å². The average molecular weight is 307 g/mol. The first-order chi connectivity index (χ1) is 10.2. The average Bonchev–Trinajstić information content (AvgIpc) is 2.50. The van der Waals surface area contributed by atoms with E-state index in [1.165, 1.54) is 0 Å². The molecule has 0 aromatic rings. The molecule has 0 aliphatic carbocycles. The van der Waals surface area contributed by atoms with Gasteiger partial charge in [-0.2, -0.15) is 0 Å². The van der Waals surface area contributed by atoms with Crippen LogP contribution in [-0.2, 0) is 18.9 Å². The summed E-state index contributed by atoms with van der Waals surface area (Å²) in [7, 11) is 3.38. The molecule has 0 radical (unpaired) electrons. The first kappa shape index (κ1) is 20.7. The molecule has 0 rings (SSSR count). The lowest BCUT2D eigenvalue weighted by atomic mass is 10.5. The molecule has 0 spiro atoms. The molecule has 7 heteroatoms. The van der Waals surface area contributed by atoms with Crippen molar-refractivity contribution >= 4 is 0 Å². The highest BCUT2D eigenvalue weighted by molar-refractivity contribution is 4.53. The lowest BCUT2D eigenvalue weighted by Crippen LogP contribution is -2.37. The van der Waals surface area contributed by atoms with Gasteiger partial charge in [0.15, 0.2) is 0 Å². The van der Waals surface area contributed by atoms with Crippen LogP contribution >= 0.6 is 0 Å². The number of ether oxygens (including phenoxy) is 4. The zero-order valence-electron chi connectivity index (χ0n) is 13.9. The van der Waals surface area contributed by atoms with Crippen molar-refractivity contribution in [1.29, 1.82) is 0 Å². The zero-order valence-corrected chi connectivity index (χ0v) is 13.9. The Morgan fingerprint density at radius 2 is 1.19 bits per heavy atom. The fraction of sp³-hybridized carbons (Fsp3) is 1.00. The van der Waals surface area contributed by atoms with Gasteiger partial charge in [0.25, 0.3) is 0 Å². The van der Waals surface area contributed by atoms with E-state index in [1.807, 2.05) is 0 Å². The van der Waals surface area contributed by atoms with Crippen LogP contribution in [0.2, 0.25) is 0 Å². The first-order valence-corrected chi connectivity index (χ1v) is 7.59. The van der Waals surface area contributed by atoms with E-state index in [1.54, 1.807) is 19.2 Å². The summed E-state index contributed by atoms with van der Waals surface area (Å²) >= 11 is 0. The van der Waals surface area contributed by atoms with E-state index < -0.39 is 0 Å². The zero-order chi connectivity index (χ0) is 15.8. The van der Waals surface area contributed by atoms with Gasteiger partial charge in [0.2, 0.25) is 0 Å². The molecular weight excluding hydrogens is 274 g/mol. The highest BCUT2D eigenvalue weighted by Gasteiger charge is 2.01. The fourth-order valence-corrected chi connectivity index (χ4v) is 1.67. The highest BCUT2D eigenvalue weighted by Crippen LogP contribution is 1.89. The van der Waals surface area contributed by atoms with E-state index in [9.17, 15) is 0 Å². The standard InChI is InChI=1S/C14H33N3O4/c1-4-16(5-9-18-2)6-11-20-13-14-21-12-8-17(15)7-10-19-3/h4-15H2,1-3H3. The number of rotatable bonds is 16. The summed E-state index contributed by atoms with van der Waals surface area (Å²) in [5.74, 6) is 5.74.